The molecule has 0 saturated heterocycles. The summed E-state index contributed by atoms with van der Waals surface area (Å²) in [5, 5.41) is 14.9. The Morgan fingerprint density at radius 1 is 1.19 bits per heavy atom. The molecule has 3 rings (SSSR count). The molecule has 140 valence electrons. The fourth-order valence-corrected chi connectivity index (χ4v) is 3.18. The molecule has 0 aliphatic carbocycles. The number of rotatable bonds is 6. The van der Waals surface area contributed by atoms with Gasteiger partial charge in [0.05, 0.1) is 25.3 Å². The van der Waals surface area contributed by atoms with Gasteiger partial charge in [0.25, 0.3) is 0 Å². The van der Waals surface area contributed by atoms with Crippen molar-refractivity contribution in [1.82, 2.24) is 5.01 Å². The van der Waals surface area contributed by atoms with Crippen LogP contribution in [0.1, 0.15) is 42.0 Å². The van der Waals surface area contributed by atoms with Crippen molar-refractivity contribution in [3.63, 3.8) is 0 Å². The Morgan fingerprint density at radius 2 is 1.96 bits per heavy atom. The van der Waals surface area contributed by atoms with Gasteiger partial charge in [0.1, 0.15) is 5.75 Å². The second-order valence-electron chi connectivity index (χ2n) is 6.54. The van der Waals surface area contributed by atoms with E-state index < -0.39 is 5.97 Å². The van der Waals surface area contributed by atoms with Gasteiger partial charge in [0.15, 0.2) is 0 Å². The minimum absolute atomic E-state index is 0.0829. The van der Waals surface area contributed by atoms with Crippen molar-refractivity contribution in [3.8, 4) is 5.75 Å². The summed E-state index contributed by atoms with van der Waals surface area (Å²) < 4.78 is 5.30. The van der Waals surface area contributed by atoms with Crippen LogP contribution in [-0.4, -0.2) is 34.8 Å². The zero-order valence-corrected chi connectivity index (χ0v) is 15.4. The topological polar surface area (TPSA) is 79.2 Å². The molecule has 27 heavy (non-hydrogen) atoms. The molecule has 1 N–H and O–H groups in total. The molecule has 1 heterocycles. The second kappa shape index (κ2) is 8.03. The van der Waals surface area contributed by atoms with Crippen molar-refractivity contribution in [2.24, 2.45) is 5.10 Å². The first-order valence-electron chi connectivity index (χ1n) is 8.80. The van der Waals surface area contributed by atoms with Crippen LogP contribution >= 0.6 is 0 Å². The van der Waals surface area contributed by atoms with Crippen molar-refractivity contribution >= 4 is 17.6 Å². The summed E-state index contributed by atoms with van der Waals surface area (Å²) >= 11 is 0. The fraction of sp³-hybridized carbons (Fsp3) is 0.286. The number of aliphatic carboxylic acids is 1. The van der Waals surface area contributed by atoms with Crippen LogP contribution in [0.15, 0.2) is 53.6 Å². The Kier molecular flexibility index (Phi) is 5.54. The number of hydrogen-bond donors (Lipinski definition) is 1. The second-order valence-corrected chi connectivity index (χ2v) is 6.54. The smallest absolute Gasteiger partial charge is 0.303 e. The Balaban J connectivity index is 1.93. The first-order valence-corrected chi connectivity index (χ1v) is 8.80. The predicted molar refractivity (Wildman–Crippen MR) is 102 cm³/mol. The number of carboxylic acids is 1. The molecule has 1 amide bonds. The van der Waals surface area contributed by atoms with Gasteiger partial charge in [-0.15, -0.1) is 0 Å². The third-order valence-electron chi connectivity index (χ3n) is 4.55. The van der Waals surface area contributed by atoms with Crippen LogP contribution in [0.3, 0.4) is 0 Å². The summed E-state index contributed by atoms with van der Waals surface area (Å²) in [6.07, 6.45) is 0.269. The number of hydrazone groups is 1. The van der Waals surface area contributed by atoms with Gasteiger partial charge in [0.2, 0.25) is 5.91 Å². The van der Waals surface area contributed by atoms with E-state index in [-0.39, 0.29) is 24.8 Å². The summed E-state index contributed by atoms with van der Waals surface area (Å²) in [7, 11) is 1.60. The van der Waals surface area contributed by atoms with Gasteiger partial charge in [-0.2, -0.15) is 5.10 Å². The van der Waals surface area contributed by atoms with Crippen molar-refractivity contribution in [2.75, 3.05) is 7.11 Å². The lowest BCUT2D eigenvalue weighted by Gasteiger charge is -2.22. The molecule has 0 bridgehead atoms. The molecular weight excluding hydrogens is 344 g/mol. The summed E-state index contributed by atoms with van der Waals surface area (Å²) in [6, 6.07) is 15.2. The van der Waals surface area contributed by atoms with Crippen LogP contribution < -0.4 is 4.74 Å². The van der Waals surface area contributed by atoms with E-state index in [2.05, 4.69) is 5.10 Å². The van der Waals surface area contributed by atoms with Crippen LogP contribution in [0.5, 0.6) is 5.75 Å². The van der Waals surface area contributed by atoms with Gasteiger partial charge >= 0.3 is 5.97 Å². The van der Waals surface area contributed by atoms with E-state index >= 15 is 0 Å². The molecule has 6 heteroatoms. The highest BCUT2D eigenvalue weighted by Crippen LogP contribution is 2.34. The van der Waals surface area contributed by atoms with E-state index in [1.807, 2.05) is 55.5 Å². The number of benzene rings is 2. The lowest BCUT2D eigenvalue weighted by molar-refractivity contribution is -0.141. The zero-order valence-electron chi connectivity index (χ0n) is 15.4. The summed E-state index contributed by atoms with van der Waals surface area (Å²) in [5.41, 5.74) is 3.81. The van der Waals surface area contributed by atoms with Gasteiger partial charge in [-0.25, -0.2) is 5.01 Å². The molecule has 0 radical (unpaired) electrons. The molecular formula is C21H22N2O4. The molecule has 0 spiro atoms. The number of nitrogens with zero attached hydrogens (tertiary/aromatic N) is 2. The Bertz CT molecular complexity index is 891. The van der Waals surface area contributed by atoms with Crippen molar-refractivity contribution < 1.29 is 19.4 Å². The molecule has 1 aliphatic rings. The standard InChI is InChI=1S/C21H22N2O4/c1-14-5-3-6-15(11-14)18-13-19(16-7-4-8-17(12-16)27-2)23(22-18)20(24)9-10-21(25)26/h3-8,11-12,19H,9-10,13H2,1-2H3,(H,25,26). The summed E-state index contributed by atoms with van der Waals surface area (Å²) in [5.74, 6) is -0.592. The van der Waals surface area contributed by atoms with Crippen molar-refractivity contribution in [1.29, 1.82) is 0 Å². The highest BCUT2D eigenvalue weighted by Gasteiger charge is 2.33. The molecule has 0 saturated carbocycles. The number of carbonyl (C=O) groups is 2. The van der Waals surface area contributed by atoms with Crippen LogP contribution in [-0.2, 0) is 9.59 Å². The maximum absolute atomic E-state index is 12.7. The third kappa shape index (κ3) is 4.34. The Hall–Kier alpha value is -3.15. The van der Waals surface area contributed by atoms with Gasteiger partial charge in [-0.1, -0.05) is 42.0 Å². The van der Waals surface area contributed by atoms with Crippen molar-refractivity contribution in [2.45, 2.75) is 32.2 Å². The molecule has 0 aromatic heterocycles. The first-order chi connectivity index (χ1) is 13.0. The Morgan fingerprint density at radius 3 is 2.67 bits per heavy atom. The minimum Gasteiger partial charge on any atom is -0.497 e. The number of carboxylic acid groups (broad SMARTS) is 1. The average molecular weight is 366 g/mol. The number of methoxy groups -OCH3 is 1. The normalized spacial score (nSPS) is 16.1. The molecule has 1 unspecified atom stereocenters. The van der Waals surface area contributed by atoms with E-state index in [4.69, 9.17) is 9.84 Å². The molecule has 2 aromatic rings. The van der Waals surface area contributed by atoms with E-state index in [9.17, 15) is 9.59 Å². The number of aryl methyl sites for hydroxylation is 1. The number of hydrogen-bond acceptors (Lipinski definition) is 4. The highest BCUT2D eigenvalue weighted by atomic mass is 16.5. The van der Waals surface area contributed by atoms with Gasteiger partial charge in [-0.05, 0) is 30.2 Å². The van der Waals surface area contributed by atoms with Crippen molar-refractivity contribution in [3.05, 3.63) is 65.2 Å². The van der Waals surface area contributed by atoms with E-state index in [1.165, 1.54) is 5.01 Å². The molecule has 2 aromatic carbocycles. The zero-order chi connectivity index (χ0) is 19.4. The highest BCUT2D eigenvalue weighted by molar-refractivity contribution is 6.03. The van der Waals surface area contributed by atoms with Crippen LogP contribution in [0.2, 0.25) is 0 Å². The summed E-state index contributed by atoms with van der Waals surface area (Å²) in [4.78, 5) is 23.5. The lowest BCUT2D eigenvalue weighted by atomic mass is 9.97. The van der Waals surface area contributed by atoms with E-state index in [0.29, 0.717) is 12.2 Å². The SMILES string of the molecule is COc1cccc(C2CC(c3cccc(C)c3)=NN2C(=O)CCC(=O)O)c1. The minimum atomic E-state index is -0.997. The van der Waals surface area contributed by atoms with E-state index in [0.717, 1.165) is 22.4 Å². The molecule has 0 fully saturated rings. The van der Waals surface area contributed by atoms with E-state index in [1.54, 1.807) is 7.11 Å². The number of amides is 1. The maximum Gasteiger partial charge on any atom is 0.303 e. The number of carbonyl (C=O) groups excluding carboxylic acids is 1. The fourth-order valence-electron chi connectivity index (χ4n) is 3.18. The predicted octanol–water partition coefficient (Wildman–Crippen LogP) is 3.55. The number of ether oxygens (including phenoxy) is 1. The molecule has 1 aliphatic heterocycles. The quantitative estimate of drug-likeness (QED) is 0.848. The van der Waals surface area contributed by atoms with Crippen LogP contribution in [0, 0.1) is 6.92 Å². The largest absolute Gasteiger partial charge is 0.497 e. The lowest BCUT2D eigenvalue weighted by Crippen LogP contribution is -2.27. The molecule has 1 atom stereocenters. The maximum atomic E-state index is 12.7. The van der Waals surface area contributed by atoms with Gasteiger partial charge in [-0.3, -0.25) is 9.59 Å². The van der Waals surface area contributed by atoms with Crippen LogP contribution in [0.4, 0.5) is 0 Å². The molecule has 6 nitrogen and oxygen atoms in total. The first kappa shape index (κ1) is 18.6. The summed E-state index contributed by atoms with van der Waals surface area (Å²) in [6.45, 7) is 2.01. The average Bonchev–Trinajstić information content (AvgIpc) is 3.12. The van der Waals surface area contributed by atoms with Gasteiger partial charge < -0.3 is 9.84 Å². The van der Waals surface area contributed by atoms with Crippen LogP contribution in [0.25, 0.3) is 0 Å². The van der Waals surface area contributed by atoms with Gasteiger partial charge in [0, 0.05) is 12.8 Å². The third-order valence-corrected chi connectivity index (χ3v) is 4.55. The Labute approximate surface area is 158 Å². The monoisotopic (exact) mass is 366 g/mol.